The SMILES string of the molecule is CC(C)[C@H](NC(=O)OC(C)(C)C)C(=O)N1CCCC1c1ncc(-c2ccc(C3CCC(c4cnc(C5CCCN5C(=O)[C@@H](NC(=O)OC(C)(C)C)C(C)C)[nH]4)CC3)c3c2CC2(CCCC2)C3)[nH]1. The molecule has 4 atom stereocenters. The van der Waals surface area contributed by atoms with Crippen molar-refractivity contribution in [2.75, 3.05) is 13.1 Å². The molecule has 3 aromatic rings. The Balaban J connectivity index is 0.952. The number of aromatic nitrogens is 4. The van der Waals surface area contributed by atoms with Gasteiger partial charge in [-0.3, -0.25) is 9.59 Å². The number of benzene rings is 1. The monoisotopic (exact) mass is 923 g/mol. The lowest BCUT2D eigenvalue weighted by Crippen LogP contribution is -2.52. The van der Waals surface area contributed by atoms with E-state index in [4.69, 9.17) is 19.4 Å². The van der Waals surface area contributed by atoms with Crippen LogP contribution in [0.3, 0.4) is 0 Å². The van der Waals surface area contributed by atoms with Crippen molar-refractivity contribution < 1.29 is 28.7 Å². The predicted octanol–water partition coefficient (Wildman–Crippen LogP) is 10.3. The number of carbonyl (C=O) groups excluding carboxylic acids is 4. The van der Waals surface area contributed by atoms with E-state index in [-0.39, 0.29) is 35.7 Å². The minimum atomic E-state index is -0.699. The molecule has 4 amide bonds. The lowest BCUT2D eigenvalue weighted by atomic mass is 9.75. The highest BCUT2D eigenvalue weighted by atomic mass is 16.6. The van der Waals surface area contributed by atoms with Crippen LogP contribution in [-0.2, 0) is 31.9 Å². The zero-order chi connectivity index (χ0) is 48.0. The van der Waals surface area contributed by atoms with Crippen molar-refractivity contribution in [3.05, 3.63) is 58.6 Å². The fourth-order valence-corrected chi connectivity index (χ4v) is 12.0. The van der Waals surface area contributed by atoms with E-state index in [1.807, 2.05) is 91.4 Å². The van der Waals surface area contributed by atoms with Crippen LogP contribution in [-0.4, -0.2) is 90.1 Å². The molecule has 14 nitrogen and oxygen atoms in total. The maximum Gasteiger partial charge on any atom is 0.408 e. The van der Waals surface area contributed by atoms with Gasteiger partial charge in [-0.1, -0.05) is 52.7 Å². The molecule has 14 heteroatoms. The highest BCUT2D eigenvalue weighted by Gasteiger charge is 2.44. The van der Waals surface area contributed by atoms with Gasteiger partial charge in [0.2, 0.25) is 11.8 Å². The second kappa shape index (κ2) is 19.3. The molecule has 8 rings (SSSR count). The molecule has 4 fully saturated rings. The first-order chi connectivity index (χ1) is 31.7. The highest BCUT2D eigenvalue weighted by Crippen LogP contribution is 2.54. The average Bonchev–Trinajstić information content (AvgIpc) is 4.11. The normalized spacial score (nSPS) is 23.8. The lowest BCUT2D eigenvalue weighted by molar-refractivity contribution is -0.136. The van der Waals surface area contributed by atoms with E-state index in [2.05, 4.69) is 32.7 Å². The van der Waals surface area contributed by atoms with Gasteiger partial charge in [-0.2, -0.15) is 0 Å². The molecule has 2 aliphatic heterocycles. The number of H-pyrrole nitrogens is 2. The van der Waals surface area contributed by atoms with Gasteiger partial charge in [-0.25, -0.2) is 19.6 Å². The Bertz CT molecular complexity index is 2270. The molecular weight excluding hydrogens is 845 g/mol. The Morgan fingerprint density at radius 1 is 0.657 bits per heavy atom. The van der Waals surface area contributed by atoms with Gasteiger partial charge in [-0.05, 0) is 158 Å². The Morgan fingerprint density at radius 3 is 1.67 bits per heavy atom. The van der Waals surface area contributed by atoms with Crippen molar-refractivity contribution in [2.45, 2.75) is 206 Å². The molecule has 366 valence electrons. The summed E-state index contributed by atoms with van der Waals surface area (Å²) in [5, 5.41) is 5.72. The third-order valence-electron chi connectivity index (χ3n) is 15.3. The topological polar surface area (TPSA) is 175 Å². The van der Waals surface area contributed by atoms with E-state index in [1.54, 1.807) is 5.56 Å². The second-order valence-electron chi connectivity index (χ2n) is 23.3. The van der Waals surface area contributed by atoms with Crippen molar-refractivity contribution in [3.8, 4) is 11.3 Å². The van der Waals surface area contributed by atoms with Crippen LogP contribution in [0.25, 0.3) is 11.3 Å². The molecule has 1 spiro atoms. The highest BCUT2D eigenvalue weighted by molar-refractivity contribution is 5.87. The van der Waals surface area contributed by atoms with E-state index >= 15 is 0 Å². The summed E-state index contributed by atoms with van der Waals surface area (Å²) in [4.78, 5) is 74.6. The van der Waals surface area contributed by atoms with Crippen LogP contribution >= 0.6 is 0 Å². The molecule has 1 aromatic carbocycles. The van der Waals surface area contributed by atoms with E-state index in [1.165, 1.54) is 42.4 Å². The molecule has 3 aliphatic carbocycles. The van der Waals surface area contributed by atoms with Crippen molar-refractivity contribution in [2.24, 2.45) is 17.3 Å². The summed E-state index contributed by atoms with van der Waals surface area (Å²) >= 11 is 0. The fraction of sp³-hybridized carbons (Fsp3) is 0.698. The number of rotatable bonds is 11. The van der Waals surface area contributed by atoms with Gasteiger partial charge in [0.15, 0.2) is 0 Å². The number of aromatic amines is 2. The summed E-state index contributed by atoms with van der Waals surface area (Å²) in [5.74, 6) is 2.10. The number of ether oxygens (including phenoxy) is 2. The quantitative estimate of drug-likeness (QED) is 0.147. The molecule has 0 radical (unpaired) electrons. The summed E-state index contributed by atoms with van der Waals surface area (Å²) in [5.41, 5.74) is 6.98. The van der Waals surface area contributed by atoms with Crippen LogP contribution in [0.15, 0.2) is 24.5 Å². The van der Waals surface area contributed by atoms with Crippen LogP contribution in [0.1, 0.15) is 204 Å². The van der Waals surface area contributed by atoms with Gasteiger partial charge >= 0.3 is 12.2 Å². The number of hydrogen-bond donors (Lipinski definition) is 4. The van der Waals surface area contributed by atoms with Crippen molar-refractivity contribution in [3.63, 3.8) is 0 Å². The predicted molar refractivity (Wildman–Crippen MR) is 258 cm³/mol. The van der Waals surface area contributed by atoms with Crippen molar-refractivity contribution in [1.82, 2.24) is 40.4 Å². The number of nitrogens with zero attached hydrogens (tertiary/aromatic N) is 4. The van der Waals surface area contributed by atoms with E-state index < -0.39 is 35.5 Å². The number of nitrogens with one attached hydrogen (secondary N) is 4. The summed E-state index contributed by atoms with van der Waals surface area (Å²) in [6.07, 6.45) is 18.0. The molecule has 2 unspecified atom stereocenters. The summed E-state index contributed by atoms with van der Waals surface area (Å²) in [6, 6.07) is 3.02. The lowest BCUT2D eigenvalue weighted by Gasteiger charge is -2.31. The van der Waals surface area contributed by atoms with Crippen LogP contribution in [0.4, 0.5) is 9.59 Å². The zero-order valence-corrected chi connectivity index (χ0v) is 42.0. The molecule has 67 heavy (non-hydrogen) atoms. The van der Waals surface area contributed by atoms with E-state index in [0.717, 1.165) is 87.2 Å². The zero-order valence-electron chi connectivity index (χ0n) is 42.0. The van der Waals surface area contributed by atoms with Gasteiger partial charge in [0.1, 0.15) is 34.9 Å². The molecular formula is C53H78N8O6. The van der Waals surface area contributed by atoms with Crippen LogP contribution in [0.5, 0.6) is 0 Å². The van der Waals surface area contributed by atoms with Crippen LogP contribution < -0.4 is 10.6 Å². The van der Waals surface area contributed by atoms with Crippen LogP contribution in [0.2, 0.25) is 0 Å². The number of fused-ring (bicyclic) bond motifs is 1. The second-order valence-corrected chi connectivity index (χ2v) is 23.3. The number of amides is 4. The largest absolute Gasteiger partial charge is 0.444 e. The molecule has 2 saturated heterocycles. The number of carbonyl (C=O) groups is 4. The third kappa shape index (κ3) is 10.7. The summed E-state index contributed by atoms with van der Waals surface area (Å²) in [7, 11) is 0. The molecule has 2 aromatic heterocycles. The number of imidazole rings is 2. The van der Waals surface area contributed by atoms with E-state index in [9.17, 15) is 19.2 Å². The Hall–Kier alpha value is -4.88. The molecule has 0 bridgehead atoms. The Morgan fingerprint density at radius 2 is 1.15 bits per heavy atom. The number of hydrogen-bond acceptors (Lipinski definition) is 8. The fourth-order valence-electron chi connectivity index (χ4n) is 12.0. The third-order valence-corrected chi connectivity index (χ3v) is 15.3. The first kappa shape index (κ1) is 48.6. The maximum absolute atomic E-state index is 14.1. The molecule has 4 N–H and O–H groups in total. The number of alkyl carbamates (subject to hydrolysis) is 2. The average molecular weight is 923 g/mol. The Labute approximate surface area is 398 Å². The van der Waals surface area contributed by atoms with Gasteiger partial charge in [-0.15, -0.1) is 0 Å². The van der Waals surface area contributed by atoms with Gasteiger partial charge in [0.05, 0.1) is 24.0 Å². The molecule has 5 aliphatic rings. The first-order valence-electron chi connectivity index (χ1n) is 25.5. The molecule has 4 heterocycles. The van der Waals surface area contributed by atoms with Gasteiger partial charge in [0.25, 0.3) is 0 Å². The van der Waals surface area contributed by atoms with Gasteiger partial charge < -0.3 is 39.9 Å². The number of likely N-dealkylation sites (tertiary alicyclic amines) is 2. The molecule has 2 saturated carbocycles. The Kier molecular flexibility index (Phi) is 14.0. The van der Waals surface area contributed by atoms with E-state index in [0.29, 0.717) is 30.3 Å². The smallest absolute Gasteiger partial charge is 0.408 e. The summed E-state index contributed by atoms with van der Waals surface area (Å²) in [6.45, 7) is 20.0. The van der Waals surface area contributed by atoms with Crippen LogP contribution in [0, 0.1) is 17.3 Å². The van der Waals surface area contributed by atoms with Gasteiger partial charge in [0, 0.05) is 36.5 Å². The summed E-state index contributed by atoms with van der Waals surface area (Å²) < 4.78 is 11.0. The van der Waals surface area contributed by atoms with Crippen molar-refractivity contribution in [1.29, 1.82) is 0 Å². The van der Waals surface area contributed by atoms with Crippen molar-refractivity contribution >= 4 is 24.0 Å². The maximum atomic E-state index is 14.1. The minimum Gasteiger partial charge on any atom is -0.444 e. The first-order valence-corrected chi connectivity index (χ1v) is 25.5. The minimum absolute atomic E-state index is 0.0917. The standard InChI is InChI=1S/C53H78N8O6/c1-31(2)43(58-49(64)66-51(5,6)7)47(62)60-25-13-15-41(60)45-54-29-39(56-45)34-19-17-33(18-20-34)35-21-22-36(38-28-53(27-37(35)38)23-11-12-24-53)40-30-55-46(57-40)42-16-14-26-61(42)48(63)44(32(3)4)59-50(65)67-52(8,9)10/h21-22,29-34,41-44H,11-20,23-28H2,1-10H3,(H,54,56)(H,55,57)(H,58,64)(H,59,65)/t33?,34?,41?,42?,43-,44-/m0/s1.